The third-order valence-electron chi connectivity index (χ3n) is 4.01. The molecule has 1 atom stereocenters. The Balaban J connectivity index is 1.73. The second-order valence-electron chi connectivity index (χ2n) is 6.05. The lowest BCUT2D eigenvalue weighted by molar-refractivity contribution is 0.255. The lowest BCUT2D eigenvalue weighted by atomic mass is 9.75. The van der Waals surface area contributed by atoms with Gasteiger partial charge in [0.1, 0.15) is 0 Å². The van der Waals surface area contributed by atoms with E-state index in [1.807, 2.05) is 0 Å². The molecular weight excluding hydrogens is 300 g/mol. The van der Waals surface area contributed by atoms with Crippen molar-refractivity contribution < 1.29 is 0 Å². The molecule has 1 aliphatic rings. The Bertz CT molecular complexity index is 399. The number of hydrogen-bond acceptors (Lipinski definition) is 2. The van der Waals surface area contributed by atoms with Crippen LogP contribution in [0.15, 0.2) is 28.7 Å². The Morgan fingerprint density at radius 3 is 2.63 bits per heavy atom. The summed E-state index contributed by atoms with van der Waals surface area (Å²) in [7, 11) is 4.28. The van der Waals surface area contributed by atoms with Gasteiger partial charge in [0, 0.05) is 16.6 Å². The van der Waals surface area contributed by atoms with Crippen LogP contribution in [0.5, 0.6) is 0 Å². The maximum Gasteiger partial charge on any atom is 0.0210 e. The van der Waals surface area contributed by atoms with Crippen molar-refractivity contribution in [2.45, 2.75) is 44.2 Å². The van der Waals surface area contributed by atoms with Crippen LogP contribution in [0.1, 0.15) is 37.7 Å². The molecule has 0 aliphatic heterocycles. The molecule has 0 saturated heterocycles. The number of hydrogen-bond donors (Lipinski definition) is 1. The molecule has 1 saturated carbocycles. The highest BCUT2D eigenvalue weighted by Gasteiger charge is 2.31. The van der Waals surface area contributed by atoms with E-state index in [1.165, 1.54) is 29.3 Å². The molecular formula is C16H25BrN2. The van der Waals surface area contributed by atoms with E-state index in [0.717, 1.165) is 12.5 Å². The molecule has 1 aliphatic carbocycles. The standard InChI is InChI=1S/C16H25BrN2/c1-12(8-9-19(2)3)18-14-10-13(11-14)15-6-4-5-7-16(15)17/h4-7,12-14,18H,8-11H2,1-3H3. The van der Waals surface area contributed by atoms with Gasteiger partial charge in [-0.15, -0.1) is 0 Å². The molecule has 0 aromatic heterocycles. The summed E-state index contributed by atoms with van der Waals surface area (Å²) in [4.78, 5) is 2.25. The van der Waals surface area contributed by atoms with E-state index in [4.69, 9.17) is 0 Å². The molecule has 1 aromatic rings. The van der Waals surface area contributed by atoms with E-state index >= 15 is 0 Å². The predicted octanol–water partition coefficient (Wildman–Crippen LogP) is 3.62. The van der Waals surface area contributed by atoms with Crippen LogP contribution in [0.3, 0.4) is 0 Å². The molecule has 0 amide bonds. The van der Waals surface area contributed by atoms with Crippen molar-refractivity contribution in [3.8, 4) is 0 Å². The molecule has 0 spiro atoms. The van der Waals surface area contributed by atoms with Gasteiger partial charge in [-0.1, -0.05) is 34.1 Å². The Hall–Kier alpha value is -0.380. The second kappa shape index (κ2) is 6.87. The summed E-state index contributed by atoms with van der Waals surface area (Å²) in [5.41, 5.74) is 1.47. The largest absolute Gasteiger partial charge is 0.311 e. The molecule has 106 valence electrons. The van der Waals surface area contributed by atoms with Crippen LogP contribution in [0.2, 0.25) is 0 Å². The smallest absolute Gasteiger partial charge is 0.0210 e. The van der Waals surface area contributed by atoms with Crippen LogP contribution in [-0.4, -0.2) is 37.6 Å². The molecule has 0 radical (unpaired) electrons. The van der Waals surface area contributed by atoms with Crippen LogP contribution in [0.4, 0.5) is 0 Å². The van der Waals surface area contributed by atoms with Crippen molar-refractivity contribution in [1.29, 1.82) is 0 Å². The average Bonchev–Trinajstić information content (AvgIpc) is 2.32. The van der Waals surface area contributed by atoms with E-state index in [2.05, 4.69) is 71.4 Å². The van der Waals surface area contributed by atoms with Gasteiger partial charge in [0.25, 0.3) is 0 Å². The van der Waals surface area contributed by atoms with Crippen LogP contribution < -0.4 is 5.32 Å². The summed E-state index contributed by atoms with van der Waals surface area (Å²) in [5, 5.41) is 3.75. The molecule has 0 bridgehead atoms. The second-order valence-corrected chi connectivity index (χ2v) is 6.90. The fraction of sp³-hybridized carbons (Fsp3) is 0.625. The van der Waals surface area contributed by atoms with E-state index in [9.17, 15) is 0 Å². The van der Waals surface area contributed by atoms with Crippen molar-refractivity contribution in [2.24, 2.45) is 0 Å². The molecule has 1 aromatic carbocycles. The summed E-state index contributed by atoms with van der Waals surface area (Å²) < 4.78 is 1.26. The van der Waals surface area contributed by atoms with Crippen molar-refractivity contribution in [2.75, 3.05) is 20.6 Å². The maximum absolute atomic E-state index is 3.75. The normalized spacial score (nSPS) is 24.3. The number of halogens is 1. The molecule has 3 heteroatoms. The number of rotatable bonds is 6. The highest BCUT2D eigenvalue weighted by atomic mass is 79.9. The SMILES string of the molecule is CC(CCN(C)C)NC1CC(c2ccccc2Br)C1. The minimum Gasteiger partial charge on any atom is -0.311 e. The first kappa shape index (κ1) is 15.0. The summed E-state index contributed by atoms with van der Waals surface area (Å²) >= 11 is 3.66. The lowest BCUT2D eigenvalue weighted by Gasteiger charge is -2.38. The van der Waals surface area contributed by atoms with Gasteiger partial charge in [-0.25, -0.2) is 0 Å². The van der Waals surface area contributed by atoms with E-state index in [1.54, 1.807) is 0 Å². The molecule has 2 rings (SSSR count). The van der Waals surface area contributed by atoms with Gasteiger partial charge in [0.05, 0.1) is 0 Å². The molecule has 1 fully saturated rings. The zero-order valence-electron chi connectivity index (χ0n) is 12.2. The van der Waals surface area contributed by atoms with Gasteiger partial charge < -0.3 is 10.2 Å². The average molecular weight is 325 g/mol. The Morgan fingerprint density at radius 1 is 1.32 bits per heavy atom. The molecule has 1 N–H and O–H groups in total. The van der Waals surface area contributed by atoms with Gasteiger partial charge >= 0.3 is 0 Å². The van der Waals surface area contributed by atoms with Crippen LogP contribution in [-0.2, 0) is 0 Å². The lowest BCUT2D eigenvalue weighted by Crippen LogP contribution is -2.45. The van der Waals surface area contributed by atoms with Crippen molar-refractivity contribution in [3.63, 3.8) is 0 Å². The van der Waals surface area contributed by atoms with E-state index in [-0.39, 0.29) is 0 Å². The van der Waals surface area contributed by atoms with E-state index in [0.29, 0.717) is 12.1 Å². The monoisotopic (exact) mass is 324 g/mol. The summed E-state index contributed by atoms with van der Waals surface area (Å²) in [6.07, 6.45) is 3.77. The zero-order valence-corrected chi connectivity index (χ0v) is 13.8. The minimum atomic E-state index is 0.618. The van der Waals surface area contributed by atoms with Crippen molar-refractivity contribution in [3.05, 3.63) is 34.3 Å². The first-order chi connectivity index (χ1) is 9.06. The molecule has 0 heterocycles. The summed E-state index contributed by atoms with van der Waals surface area (Å²) in [5.74, 6) is 0.731. The van der Waals surface area contributed by atoms with Crippen LogP contribution in [0.25, 0.3) is 0 Å². The third kappa shape index (κ3) is 4.30. The van der Waals surface area contributed by atoms with Gasteiger partial charge in [-0.05, 0) is 64.4 Å². The minimum absolute atomic E-state index is 0.618. The fourth-order valence-corrected chi connectivity index (χ4v) is 3.36. The first-order valence-electron chi connectivity index (χ1n) is 7.21. The molecule has 2 nitrogen and oxygen atoms in total. The third-order valence-corrected chi connectivity index (χ3v) is 4.73. The van der Waals surface area contributed by atoms with Gasteiger partial charge in [-0.3, -0.25) is 0 Å². The van der Waals surface area contributed by atoms with Crippen LogP contribution >= 0.6 is 15.9 Å². The fourth-order valence-electron chi connectivity index (χ4n) is 2.75. The Labute approximate surface area is 125 Å². The van der Waals surface area contributed by atoms with E-state index < -0.39 is 0 Å². The predicted molar refractivity (Wildman–Crippen MR) is 85.7 cm³/mol. The van der Waals surface area contributed by atoms with Gasteiger partial charge in [-0.2, -0.15) is 0 Å². The number of nitrogens with one attached hydrogen (secondary N) is 1. The van der Waals surface area contributed by atoms with Crippen molar-refractivity contribution >= 4 is 15.9 Å². The van der Waals surface area contributed by atoms with Gasteiger partial charge in [0.2, 0.25) is 0 Å². The summed E-state index contributed by atoms with van der Waals surface area (Å²) in [6.45, 7) is 3.46. The molecule has 1 unspecified atom stereocenters. The van der Waals surface area contributed by atoms with Crippen LogP contribution in [0, 0.1) is 0 Å². The Morgan fingerprint density at radius 2 is 2.00 bits per heavy atom. The number of benzene rings is 1. The van der Waals surface area contributed by atoms with Crippen molar-refractivity contribution in [1.82, 2.24) is 10.2 Å². The first-order valence-corrected chi connectivity index (χ1v) is 8.00. The molecule has 19 heavy (non-hydrogen) atoms. The topological polar surface area (TPSA) is 15.3 Å². The highest BCUT2D eigenvalue weighted by molar-refractivity contribution is 9.10. The zero-order chi connectivity index (χ0) is 13.8. The Kier molecular flexibility index (Phi) is 5.43. The summed E-state index contributed by atoms with van der Waals surface area (Å²) in [6, 6.07) is 9.95. The highest BCUT2D eigenvalue weighted by Crippen LogP contribution is 2.40. The maximum atomic E-state index is 3.75. The van der Waals surface area contributed by atoms with Gasteiger partial charge in [0.15, 0.2) is 0 Å². The quantitative estimate of drug-likeness (QED) is 0.859. The number of nitrogens with zero attached hydrogens (tertiary/aromatic N) is 1.